The lowest BCUT2D eigenvalue weighted by atomic mass is 9.86. The number of nitrogens with one attached hydrogen (secondary N) is 1. The molecule has 1 heterocycles. The Bertz CT molecular complexity index is 277. The van der Waals surface area contributed by atoms with Crippen molar-refractivity contribution in [2.75, 3.05) is 13.2 Å². The first kappa shape index (κ1) is 14.8. The molecule has 3 unspecified atom stereocenters. The van der Waals surface area contributed by atoms with Crippen molar-refractivity contribution in [1.82, 2.24) is 5.32 Å². The topological polar surface area (TPSA) is 64.3 Å². The molecule has 0 bridgehead atoms. The van der Waals surface area contributed by atoms with Crippen LogP contribution in [0.3, 0.4) is 0 Å². The molecule has 110 valence electrons. The molecule has 1 amide bonds. The smallest absolute Gasteiger partial charge is 0.220 e. The van der Waals surface area contributed by atoms with Crippen LogP contribution in [0.1, 0.15) is 57.8 Å². The van der Waals surface area contributed by atoms with Gasteiger partial charge in [0, 0.05) is 25.6 Å². The van der Waals surface area contributed by atoms with Gasteiger partial charge in [-0.1, -0.05) is 6.42 Å². The molecule has 19 heavy (non-hydrogen) atoms. The summed E-state index contributed by atoms with van der Waals surface area (Å²) in [5, 5.41) is 3.06. The summed E-state index contributed by atoms with van der Waals surface area (Å²) in [6, 6.07) is 0.339. The Hall–Kier alpha value is -0.610. The van der Waals surface area contributed by atoms with Gasteiger partial charge in [0.25, 0.3) is 0 Å². The van der Waals surface area contributed by atoms with E-state index in [2.05, 4.69) is 5.32 Å². The van der Waals surface area contributed by atoms with Gasteiger partial charge in [0.15, 0.2) is 0 Å². The SMILES string of the molecule is NC1CCCC(CNC(=O)CCC2CCCCO2)C1. The standard InChI is InChI=1S/C15H28N2O2/c16-13-5-3-4-12(10-13)11-17-15(18)8-7-14-6-1-2-9-19-14/h12-14H,1-11,16H2,(H,17,18). The molecule has 0 aromatic carbocycles. The largest absolute Gasteiger partial charge is 0.378 e. The lowest BCUT2D eigenvalue weighted by molar-refractivity contribution is -0.122. The first-order valence-corrected chi connectivity index (χ1v) is 7.88. The Morgan fingerprint density at radius 1 is 1.21 bits per heavy atom. The maximum Gasteiger partial charge on any atom is 0.220 e. The Balaban J connectivity index is 1.56. The number of hydrogen-bond donors (Lipinski definition) is 2. The maximum absolute atomic E-state index is 11.8. The normalized spacial score (nSPS) is 31.9. The van der Waals surface area contributed by atoms with Crippen LogP contribution in [0.2, 0.25) is 0 Å². The summed E-state index contributed by atoms with van der Waals surface area (Å²) in [6.07, 6.45) is 9.93. The summed E-state index contributed by atoms with van der Waals surface area (Å²) in [5.74, 6) is 0.756. The van der Waals surface area contributed by atoms with Crippen molar-refractivity contribution in [1.29, 1.82) is 0 Å². The molecule has 3 N–H and O–H groups in total. The van der Waals surface area contributed by atoms with E-state index in [1.165, 1.54) is 25.7 Å². The molecular formula is C15H28N2O2. The zero-order valence-electron chi connectivity index (χ0n) is 11.9. The highest BCUT2D eigenvalue weighted by Crippen LogP contribution is 2.22. The Morgan fingerprint density at radius 2 is 2.11 bits per heavy atom. The van der Waals surface area contributed by atoms with Crippen LogP contribution in [0.25, 0.3) is 0 Å². The van der Waals surface area contributed by atoms with E-state index in [0.29, 0.717) is 24.5 Å². The third-order valence-corrected chi connectivity index (χ3v) is 4.38. The molecule has 0 aromatic heterocycles. The molecule has 0 radical (unpaired) electrons. The van der Waals surface area contributed by atoms with E-state index >= 15 is 0 Å². The fraction of sp³-hybridized carbons (Fsp3) is 0.933. The van der Waals surface area contributed by atoms with Crippen LogP contribution in [0.15, 0.2) is 0 Å². The van der Waals surface area contributed by atoms with E-state index in [1.54, 1.807) is 0 Å². The number of carbonyl (C=O) groups excluding carboxylic acids is 1. The third kappa shape index (κ3) is 5.49. The number of amides is 1. The van der Waals surface area contributed by atoms with E-state index in [-0.39, 0.29) is 5.91 Å². The predicted octanol–water partition coefficient (Wildman–Crippen LogP) is 1.97. The fourth-order valence-electron chi connectivity index (χ4n) is 3.19. The highest BCUT2D eigenvalue weighted by Gasteiger charge is 2.20. The van der Waals surface area contributed by atoms with Crippen molar-refractivity contribution in [2.45, 2.75) is 69.9 Å². The molecule has 1 saturated heterocycles. The first-order chi connectivity index (χ1) is 9.24. The van der Waals surface area contributed by atoms with Gasteiger partial charge in [-0.15, -0.1) is 0 Å². The summed E-state index contributed by atoms with van der Waals surface area (Å²) in [4.78, 5) is 11.8. The first-order valence-electron chi connectivity index (χ1n) is 7.88. The molecule has 2 aliphatic rings. The van der Waals surface area contributed by atoms with Crippen LogP contribution >= 0.6 is 0 Å². The second-order valence-electron chi connectivity index (χ2n) is 6.12. The van der Waals surface area contributed by atoms with Crippen LogP contribution in [-0.4, -0.2) is 31.2 Å². The quantitative estimate of drug-likeness (QED) is 0.801. The molecule has 0 spiro atoms. The van der Waals surface area contributed by atoms with Crippen LogP contribution in [-0.2, 0) is 9.53 Å². The van der Waals surface area contributed by atoms with Gasteiger partial charge in [-0.2, -0.15) is 0 Å². The fourth-order valence-corrected chi connectivity index (χ4v) is 3.19. The van der Waals surface area contributed by atoms with Crippen LogP contribution in [0.5, 0.6) is 0 Å². The molecule has 4 heteroatoms. The second kappa shape index (κ2) is 7.85. The third-order valence-electron chi connectivity index (χ3n) is 4.38. The van der Waals surface area contributed by atoms with Crippen molar-refractivity contribution in [3.05, 3.63) is 0 Å². The van der Waals surface area contributed by atoms with Gasteiger partial charge in [-0.05, 0) is 50.9 Å². The van der Waals surface area contributed by atoms with Crippen LogP contribution in [0.4, 0.5) is 0 Å². The van der Waals surface area contributed by atoms with Crippen molar-refractivity contribution in [3.63, 3.8) is 0 Å². The molecule has 0 aromatic rings. The molecule has 2 fully saturated rings. The van der Waals surface area contributed by atoms with Crippen LogP contribution in [0, 0.1) is 5.92 Å². The van der Waals surface area contributed by atoms with Gasteiger partial charge in [0.05, 0.1) is 6.10 Å². The van der Waals surface area contributed by atoms with E-state index in [0.717, 1.165) is 38.8 Å². The molecule has 2 rings (SSSR count). The lowest BCUT2D eigenvalue weighted by Crippen LogP contribution is -2.36. The number of hydrogen-bond acceptors (Lipinski definition) is 3. The van der Waals surface area contributed by atoms with E-state index in [4.69, 9.17) is 10.5 Å². The summed E-state index contributed by atoms with van der Waals surface area (Å²) < 4.78 is 5.64. The Morgan fingerprint density at radius 3 is 2.84 bits per heavy atom. The van der Waals surface area contributed by atoms with Crippen molar-refractivity contribution in [2.24, 2.45) is 11.7 Å². The van der Waals surface area contributed by atoms with Crippen molar-refractivity contribution >= 4 is 5.91 Å². The average molecular weight is 268 g/mol. The molecule has 1 aliphatic carbocycles. The number of ether oxygens (including phenoxy) is 1. The van der Waals surface area contributed by atoms with Crippen molar-refractivity contribution < 1.29 is 9.53 Å². The minimum Gasteiger partial charge on any atom is -0.378 e. The monoisotopic (exact) mass is 268 g/mol. The zero-order chi connectivity index (χ0) is 13.5. The Kier molecular flexibility index (Phi) is 6.11. The van der Waals surface area contributed by atoms with Crippen LogP contribution < -0.4 is 11.1 Å². The van der Waals surface area contributed by atoms with Gasteiger partial charge in [0.1, 0.15) is 0 Å². The molecule has 3 atom stereocenters. The number of nitrogens with two attached hydrogens (primary N) is 1. The minimum absolute atomic E-state index is 0.174. The van der Waals surface area contributed by atoms with E-state index in [1.807, 2.05) is 0 Å². The van der Waals surface area contributed by atoms with E-state index in [9.17, 15) is 4.79 Å². The second-order valence-corrected chi connectivity index (χ2v) is 6.12. The molecular weight excluding hydrogens is 240 g/mol. The van der Waals surface area contributed by atoms with E-state index < -0.39 is 0 Å². The van der Waals surface area contributed by atoms with Gasteiger partial charge < -0.3 is 15.8 Å². The predicted molar refractivity (Wildman–Crippen MR) is 75.8 cm³/mol. The highest BCUT2D eigenvalue weighted by atomic mass is 16.5. The number of rotatable bonds is 5. The Labute approximate surface area is 116 Å². The summed E-state index contributed by atoms with van der Waals surface area (Å²) >= 11 is 0. The lowest BCUT2D eigenvalue weighted by Gasteiger charge is -2.27. The molecule has 4 nitrogen and oxygen atoms in total. The maximum atomic E-state index is 11.8. The summed E-state index contributed by atoms with van der Waals surface area (Å²) in [7, 11) is 0. The highest BCUT2D eigenvalue weighted by molar-refractivity contribution is 5.75. The average Bonchev–Trinajstić information content (AvgIpc) is 2.44. The zero-order valence-corrected chi connectivity index (χ0v) is 11.9. The molecule has 1 aliphatic heterocycles. The number of carbonyl (C=O) groups is 1. The minimum atomic E-state index is 0.174. The summed E-state index contributed by atoms with van der Waals surface area (Å²) in [5.41, 5.74) is 5.96. The summed E-state index contributed by atoms with van der Waals surface area (Å²) in [6.45, 7) is 1.67. The molecule has 1 saturated carbocycles. The van der Waals surface area contributed by atoms with Gasteiger partial charge in [0.2, 0.25) is 5.91 Å². The van der Waals surface area contributed by atoms with Crippen molar-refractivity contribution in [3.8, 4) is 0 Å². The van der Waals surface area contributed by atoms with Gasteiger partial charge in [-0.3, -0.25) is 4.79 Å². The van der Waals surface area contributed by atoms with Gasteiger partial charge >= 0.3 is 0 Å². The van der Waals surface area contributed by atoms with Gasteiger partial charge in [-0.25, -0.2) is 0 Å².